The second-order valence-corrected chi connectivity index (χ2v) is 7.92. The standard InChI is InChI=1S/C24H25F3N2O5/c1-15-12-19(16(2)29(15)13-17-6-5-11-33-17)21(30)14-34-23(32)18-7-3-4-8-20(18)28-10-9-22(31)24(25,26)27/h3-4,7-10,12,17,28H,5-6,11,13-14H2,1-2H3. The predicted molar refractivity (Wildman–Crippen MR) is 118 cm³/mol. The van der Waals surface area contributed by atoms with Gasteiger partial charge in [-0.1, -0.05) is 12.1 Å². The Morgan fingerprint density at radius 3 is 2.62 bits per heavy atom. The number of anilines is 1. The van der Waals surface area contributed by atoms with Crippen molar-refractivity contribution >= 4 is 23.2 Å². The molecule has 7 nitrogen and oxygen atoms in total. The van der Waals surface area contributed by atoms with Crippen LogP contribution in [0.15, 0.2) is 42.6 Å². The van der Waals surface area contributed by atoms with Crippen molar-refractivity contribution in [3.05, 3.63) is 65.1 Å². The van der Waals surface area contributed by atoms with Gasteiger partial charge in [0.2, 0.25) is 5.78 Å². The van der Waals surface area contributed by atoms with Crippen molar-refractivity contribution in [1.29, 1.82) is 0 Å². The molecule has 34 heavy (non-hydrogen) atoms. The van der Waals surface area contributed by atoms with Crippen LogP contribution in [0.4, 0.5) is 18.9 Å². The number of rotatable bonds is 9. The number of aryl methyl sites for hydroxylation is 1. The fraction of sp³-hybridized carbons (Fsp3) is 0.375. The van der Waals surface area contributed by atoms with Gasteiger partial charge in [0.25, 0.3) is 5.78 Å². The first-order valence-electron chi connectivity index (χ1n) is 10.7. The van der Waals surface area contributed by atoms with Crippen LogP contribution < -0.4 is 5.32 Å². The summed E-state index contributed by atoms with van der Waals surface area (Å²) in [5.74, 6) is -3.25. The van der Waals surface area contributed by atoms with E-state index in [0.29, 0.717) is 18.2 Å². The lowest BCUT2D eigenvalue weighted by molar-refractivity contribution is -0.165. The van der Waals surface area contributed by atoms with Gasteiger partial charge in [0.1, 0.15) is 0 Å². The summed E-state index contributed by atoms with van der Waals surface area (Å²) in [7, 11) is 0. The molecule has 2 heterocycles. The monoisotopic (exact) mass is 478 g/mol. The van der Waals surface area contributed by atoms with E-state index in [2.05, 4.69) is 5.32 Å². The molecule has 1 N–H and O–H groups in total. The van der Waals surface area contributed by atoms with Crippen LogP contribution in [0.2, 0.25) is 0 Å². The number of allylic oxidation sites excluding steroid dienone is 1. The topological polar surface area (TPSA) is 86.6 Å². The first-order valence-corrected chi connectivity index (χ1v) is 10.7. The van der Waals surface area contributed by atoms with E-state index in [1.54, 1.807) is 12.1 Å². The second kappa shape index (κ2) is 10.7. The molecule has 0 aliphatic carbocycles. The molecular weight excluding hydrogens is 453 g/mol. The third-order valence-corrected chi connectivity index (χ3v) is 5.52. The maximum absolute atomic E-state index is 12.7. The number of ether oxygens (including phenoxy) is 2. The minimum atomic E-state index is -4.99. The number of aromatic nitrogens is 1. The average Bonchev–Trinajstić information content (AvgIpc) is 3.40. The molecule has 1 saturated heterocycles. The van der Waals surface area contributed by atoms with Gasteiger partial charge >= 0.3 is 12.1 Å². The number of hydrogen-bond acceptors (Lipinski definition) is 6. The number of Topliss-reactive ketones (excluding diaryl/α,β-unsaturated/α-hetero) is 1. The Hall–Kier alpha value is -3.40. The molecule has 1 aromatic heterocycles. The number of nitrogens with one attached hydrogen (secondary N) is 1. The number of carbonyl (C=O) groups excluding carboxylic acids is 3. The van der Waals surface area contributed by atoms with Crippen molar-refractivity contribution in [3.63, 3.8) is 0 Å². The molecule has 0 spiro atoms. The second-order valence-electron chi connectivity index (χ2n) is 7.92. The van der Waals surface area contributed by atoms with Crippen LogP contribution in [0, 0.1) is 13.8 Å². The highest BCUT2D eigenvalue weighted by atomic mass is 19.4. The highest BCUT2D eigenvalue weighted by molar-refractivity contribution is 6.02. The lowest BCUT2D eigenvalue weighted by Crippen LogP contribution is -2.20. The maximum atomic E-state index is 12.7. The number of para-hydroxylation sites is 1. The van der Waals surface area contributed by atoms with E-state index in [-0.39, 0.29) is 23.1 Å². The Bertz CT molecular complexity index is 1100. The van der Waals surface area contributed by atoms with Crippen LogP contribution in [0.1, 0.15) is 44.9 Å². The highest BCUT2D eigenvalue weighted by Gasteiger charge is 2.36. The Morgan fingerprint density at radius 2 is 1.94 bits per heavy atom. The number of alkyl halides is 3. The Kier molecular flexibility index (Phi) is 7.93. The van der Waals surface area contributed by atoms with E-state index in [1.807, 2.05) is 18.4 Å². The van der Waals surface area contributed by atoms with Crippen LogP contribution in [0.5, 0.6) is 0 Å². The molecule has 1 atom stereocenters. The molecule has 1 unspecified atom stereocenters. The quantitative estimate of drug-likeness (QED) is 0.327. The molecule has 1 aliphatic rings. The zero-order chi connectivity index (χ0) is 24.9. The summed E-state index contributed by atoms with van der Waals surface area (Å²) in [4.78, 5) is 36.2. The van der Waals surface area contributed by atoms with Crippen LogP contribution in [-0.4, -0.2) is 47.6 Å². The first-order chi connectivity index (χ1) is 16.1. The van der Waals surface area contributed by atoms with Crippen molar-refractivity contribution in [1.82, 2.24) is 4.57 Å². The molecule has 1 aromatic carbocycles. The summed E-state index contributed by atoms with van der Waals surface area (Å²) in [6, 6.07) is 7.65. The number of nitrogens with zero attached hydrogens (tertiary/aromatic N) is 1. The van der Waals surface area contributed by atoms with Gasteiger partial charge in [-0.05, 0) is 44.9 Å². The van der Waals surface area contributed by atoms with E-state index in [1.165, 1.54) is 18.2 Å². The van der Waals surface area contributed by atoms with Gasteiger partial charge < -0.3 is 19.4 Å². The Balaban J connectivity index is 1.63. The smallest absolute Gasteiger partial charge is 0.454 e. The van der Waals surface area contributed by atoms with Crippen molar-refractivity contribution in [2.24, 2.45) is 0 Å². The largest absolute Gasteiger partial charge is 0.454 e. The maximum Gasteiger partial charge on any atom is 0.454 e. The fourth-order valence-electron chi connectivity index (χ4n) is 3.73. The summed E-state index contributed by atoms with van der Waals surface area (Å²) in [6.45, 7) is 4.60. The summed E-state index contributed by atoms with van der Waals surface area (Å²) < 4.78 is 49.8. The van der Waals surface area contributed by atoms with E-state index in [4.69, 9.17) is 9.47 Å². The minimum Gasteiger partial charge on any atom is -0.454 e. The molecule has 10 heteroatoms. The Labute approximate surface area is 194 Å². The lowest BCUT2D eigenvalue weighted by atomic mass is 10.1. The molecule has 2 aromatic rings. The fourth-order valence-corrected chi connectivity index (χ4v) is 3.73. The highest BCUT2D eigenvalue weighted by Crippen LogP contribution is 2.22. The number of benzene rings is 1. The summed E-state index contributed by atoms with van der Waals surface area (Å²) in [5, 5.41) is 2.47. The zero-order valence-corrected chi connectivity index (χ0v) is 18.8. The molecule has 3 rings (SSSR count). The van der Waals surface area contributed by atoms with Crippen LogP contribution in [0.25, 0.3) is 0 Å². The van der Waals surface area contributed by atoms with Gasteiger partial charge in [0.05, 0.1) is 17.4 Å². The SMILES string of the molecule is Cc1cc(C(=O)COC(=O)c2ccccc2NC=CC(=O)C(F)(F)F)c(C)n1CC1CCCO1. The molecule has 1 aliphatic heterocycles. The third kappa shape index (κ3) is 6.13. The summed E-state index contributed by atoms with van der Waals surface area (Å²) >= 11 is 0. The molecule has 0 saturated carbocycles. The van der Waals surface area contributed by atoms with Gasteiger partial charge in [0.15, 0.2) is 6.61 Å². The molecule has 182 valence electrons. The molecular formula is C24H25F3N2O5. The van der Waals surface area contributed by atoms with E-state index in [9.17, 15) is 27.6 Å². The van der Waals surface area contributed by atoms with E-state index >= 15 is 0 Å². The number of esters is 1. The average molecular weight is 478 g/mol. The van der Waals surface area contributed by atoms with E-state index in [0.717, 1.165) is 37.0 Å². The normalized spacial score (nSPS) is 16.1. The minimum absolute atomic E-state index is 0.00302. The van der Waals surface area contributed by atoms with Gasteiger partial charge in [-0.2, -0.15) is 13.2 Å². The number of hydrogen-bond donors (Lipinski definition) is 1. The van der Waals surface area contributed by atoms with Crippen LogP contribution in [-0.2, 0) is 20.8 Å². The van der Waals surface area contributed by atoms with E-state index < -0.39 is 24.5 Å². The molecule has 1 fully saturated rings. The lowest BCUT2D eigenvalue weighted by Gasteiger charge is -2.14. The molecule has 0 radical (unpaired) electrons. The predicted octanol–water partition coefficient (Wildman–Crippen LogP) is 4.38. The van der Waals surface area contributed by atoms with Gasteiger partial charge in [-0.15, -0.1) is 0 Å². The molecule has 0 amide bonds. The van der Waals surface area contributed by atoms with Crippen LogP contribution >= 0.6 is 0 Å². The number of carbonyl (C=O) groups is 3. The zero-order valence-electron chi connectivity index (χ0n) is 18.8. The third-order valence-electron chi connectivity index (χ3n) is 5.52. The number of ketones is 2. The van der Waals surface area contributed by atoms with Crippen molar-refractivity contribution in [2.45, 2.75) is 45.5 Å². The first kappa shape index (κ1) is 25.2. The summed E-state index contributed by atoms with van der Waals surface area (Å²) in [5.41, 5.74) is 2.24. The summed E-state index contributed by atoms with van der Waals surface area (Å²) in [6.07, 6.45) is -1.80. The van der Waals surface area contributed by atoms with Gasteiger partial charge in [-0.25, -0.2) is 4.79 Å². The number of halogens is 3. The van der Waals surface area contributed by atoms with Crippen molar-refractivity contribution in [2.75, 3.05) is 18.5 Å². The van der Waals surface area contributed by atoms with Crippen molar-refractivity contribution in [3.8, 4) is 0 Å². The van der Waals surface area contributed by atoms with Crippen molar-refractivity contribution < 1.29 is 37.0 Å². The van der Waals surface area contributed by atoms with Crippen LogP contribution in [0.3, 0.4) is 0 Å². The molecule has 0 bridgehead atoms. The Morgan fingerprint density at radius 1 is 1.21 bits per heavy atom. The van der Waals surface area contributed by atoms with Gasteiger partial charge in [0, 0.05) is 42.4 Å². The van der Waals surface area contributed by atoms with Gasteiger partial charge in [-0.3, -0.25) is 9.59 Å².